The Labute approximate surface area is 234 Å². The molecule has 0 fully saturated rings. The summed E-state index contributed by atoms with van der Waals surface area (Å²) in [5, 5.41) is 9.41. The third-order valence-corrected chi connectivity index (χ3v) is 6.41. The van der Waals surface area contributed by atoms with Gasteiger partial charge in [0.05, 0.1) is 35.6 Å². The summed E-state index contributed by atoms with van der Waals surface area (Å²) < 4.78 is 20.3. The van der Waals surface area contributed by atoms with E-state index in [0.717, 1.165) is 11.0 Å². The number of benzene rings is 1. The van der Waals surface area contributed by atoms with E-state index in [9.17, 15) is 19.2 Å². The molecule has 11 nitrogen and oxygen atoms in total. The summed E-state index contributed by atoms with van der Waals surface area (Å²) in [5.74, 6) is -1.23. The van der Waals surface area contributed by atoms with Gasteiger partial charge in [-0.25, -0.2) is 14.4 Å². The number of H-pyrrole nitrogens is 1. The fourth-order valence-corrected chi connectivity index (χ4v) is 4.48. The van der Waals surface area contributed by atoms with E-state index >= 15 is 0 Å². The molecule has 0 spiro atoms. The van der Waals surface area contributed by atoms with Crippen LogP contribution in [0.4, 0.5) is 21.7 Å². The first kappa shape index (κ1) is 28.3. The van der Waals surface area contributed by atoms with E-state index in [1.807, 2.05) is 13.8 Å². The van der Waals surface area contributed by atoms with Crippen molar-refractivity contribution in [3.8, 4) is 11.9 Å². The molecule has 1 aromatic carbocycles. The summed E-state index contributed by atoms with van der Waals surface area (Å²) in [4.78, 5) is 45.4. The highest BCUT2D eigenvalue weighted by atomic mass is 35.5. The maximum absolute atomic E-state index is 14.9. The van der Waals surface area contributed by atoms with Crippen LogP contribution < -0.4 is 25.8 Å². The molecule has 40 heavy (non-hydrogen) atoms. The van der Waals surface area contributed by atoms with Crippen LogP contribution in [0.3, 0.4) is 0 Å². The number of carbonyl (C=O) groups is 1. The molecule has 1 aliphatic heterocycles. The standard InChI is InChI=1S/C27H26ClFN8O3/c1-13(2)22(34-18-12-33-27(36(3)4)35-25(18)40-5)20-21(31)26(39)37(19-9-16(28)11-32-24(19)38)23(20)14-6-7-15(10-30)17(29)8-14/h6-9,11-13,23H,31H2,1-5H3,(H,32,38). The smallest absolute Gasteiger partial charge is 0.275 e. The van der Waals surface area contributed by atoms with E-state index in [1.54, 1.807) is 25.1 Å². The number of carbonyl (C=O) groups excluding carboxylic acids is 1. The van der Waals surface area contributed by atoms with Crippen LogP contribution >= 0.6 is 11.6 Å². The molecule has 13 heteroatoms. The molecular formula is C27H26ClFN8O3. The van der Waals surface area contributed by atoms with Gasteiger partial charge < -0.3 is 20.4 Å². The normalized spacial score (nSPS) is 15.6. The highest BCUT2D eigenvalue weighted by Crippen LogP contribution is 2.42. The Kier molecular flexibility index (Phi) is 7.88. The molecule has 3 aromatic rings. The highest BCUT2D eigenvalue weighted by Gasteiger charge is 2.44. The van der Waals surface area contributed by atoms with Crippen LogP contribution in [0.25, 0.3) is 0 Å². The number of aromatic amines is 1. The number of halogens is 2. The lowest BCUT2D eigenvalue weighted by atomic mass is 9.89. The lowest BCUT2D eigenvalue weighted by Crippen LogP contribution is -2.36. The van der Waals surface area contributed by atoms with Gasteiger partial charge in [0.2, 0.25) is 11.8 Å². The fourth-order valence-electron chi connectivity index (χ4n) is 4.32. The van der Waals surface area contributed by atoms with E-state index in [1.165, 1.54) is 37.7 Å². The topological polar surface area (TPSA) is 154 Å². The zero-order valence-electron chi connectivity index (χ0n) is 22.4. The van der Waals surface area contributed by atoms with Crippen molar-refractivity contribution >= 4 is 40.5 Å². The van der Waals surface area contributed by atoms with Crippen molar-refractivity contribution in [2.75, 3.05) is 31.0 Å². The number of hydrogen-bond donors (Lipinski definition) is 2. The number of nitriles is 1. The molecule has 1 aliphatic rings. The predicted molar refractivity (Wildman–Crippen MR) is 149 cm³/mol. The van der Waals surface area contributed by atoms with Crippen molar-refractivity contribution in [2.24, 2.45) is 16.6 Å². The number of nitrogens with one attached hydrogen (secondary N) is 1. The van der Waals surface area contributed by atoms with Crippen LogP contribution in [-0.4, -0.2) is 47.8 Å². The van der Waals surface area contributed by atoms with Crippen LogP contribution in [0.15, 0.2) is 57.7 Å². The summed E-state index contributed by atoms with van der Waals surface area (Å²) in [6.07, 6.45) is 2.76. The first-order valence-electron chi connectivity index (χ1n) is 12.1. The van der Waals surface area contributed by atoms with Crippen LogP contribution in [0.1, 0.15) is 31.0 Å². The fraction of sp³-hybridized carbons (Fsp3) is 0.259. The summed E-state index contributed by atoms with van der Waals surface area (Å²) >= 11 is 6.16. The van der Waals surface area contributed by atoms with Gasteiger partial charge >= 0.3 is 0 Å². The SMILES string of the molecule is COc1nc(N(C)C)ncc1N=C(C1=C(N)C(=O)N(c2cc(Cl)c[nH]c2=O)C1c1ccc(C#N)c(F)c1)C(C)C. The molecule has 206 valence electrons. The molecule has 0 bridgehead atoms. The van der Waals surface area contributed by atoms with Crippen LogP contribution in [0.2, 0.25) is 5.02 Å². The van der Waals surface area contributed by atoms with Gasteiger partial charge in [-0.2, -0.15) is 10.2 Å². The highest BCUT2D eigenvalue weighted by molar-refractivity contribution is 6.31. The maximum atomic E-state index is 14.9. The molecule has 0 saturated carbocycles. The number of hydrogen-bond acceptors (Lipinski definition) is 9. The maximum Gasteiger partial charge on any atom is 0.275 e. The van der Waals surface area contributed by atoms with Gasteiger partial charge in [0, 0.05) is 25.9 Å². The van der Waals surface area contributed by atoms with Crippen LogP contribution in [0, 0.1) is 23.1 Å². The number of nitrogens with two attached hydrogens (primary N) is 1. The number of ether oxygens (including phenoxy) is 1. The minimum atomic E-state index is -1.08. The number of methoxy groups -OCH3 is 1. The molecular weight excluding hydrogens is 539 g/mol. The molecule has 1 amide bonds. The average molecular weight is 565 g/mol. The summed E-state index contributed by atoms with van der Waals surface area (Å²) in [5.41, 5.74) is 6.51. The number of anilines is 2. The first-order valence-corrected chi connectivity index (χ1v) is 12.4. The quantitative estimate of drug-likeness (QED) is 0.412. The van der Waals surface area contributed by atoms with Gasteiger partial charge in [-0.1, -0.05) is 31.5 Å². The third-order valence-electron chi connectivity index (χ3n) is 6.19. The van der Waals surface area contributed by atoms with Gasteiger partial charge in [0.25, 0.3) is 11.5 Å². The van der Waals surface area contributed by atoms with Crippen molar-refractivity contribution in [1.29, 1.82) is 5.26 Å². The van der Waals surface area contributed by atoms with Gasteiger partial charge in [0.1, 0.15) is 29.0 Å². The molecule has 0 radical (unpaired) electrons. The van der Waals surface area contributed by atoms with E-state index in [0.29, 0.717) is 11.7 Å². The second-order valence-electron chi connectivity index (χ2n) is 9.40. The number of pyridine rings is 1. The Bertz CT molecular complexity index is 1660. The predicted octanol–water partition coefficient (Wildman–Crippen LogP) is 3.63. The Balaban J connectivity index is 2.00. The van der Waals surface area contributed by atoms with Gasteiger partial charge in [-0.3, -0.25) is 14.5 Å². The minimum Gasteiger partial charge on any atom is -0.479 e. The van der Waals surface area contributed by atoms with E-state index in [4.69, 9.17) is 27.1 Å². The number of amides is 1. The van der Waals surface area contributed by atoms with Crippen molar-refractivity contribution < 1.29 is 13.9 Å². The van der Waals surface area contributed by atoms with E-state index in [2.05, 4.69) is 15.0 Å². The second kappa shape index (κ2) is 11.2. The van der Waals surface area contributed by atoms with E-state index in [-0.39, 0.29) is 50.6 Å². The molecule has 0 aliphatic carbocycles. The Morgan fingerprint density at radius 2 is 2.05 bits per heavy atom. The molecule has 1 unspecified atom stereocenters. The van der Waals surface area contributed by atoms with Gasteiger partial charge in [-0.15, -0.1) is 0 Å². The van der Waals surface area contributed by atoms with Gasteiger partial charge in [-0.05, 0) is 29.7 Å². The first-order chi connectivity index (χ1) is 19.0. The molecule has 3 heterocycles. The largest absolute Gasteiger partial charge is 0.479 e. The number of rotatable bonds is 7. The Hall–Kier alpha value is -4.76. The van der Waals surface area contributed by atoms with Crippen molar-refractivity contribution in [1.82, 2.24) is 15.0 Å². The lowest BCUT2D eigenvalue weighted by Gasteiger charge is -2.28. The third kappa shape index (κ3) is 5.11. The summed E-state index contributed by atoms with van der Waals surface area (Å²) in [6.45, 7) is 3.69. The molecule has 0 saturated heterocycles. The number of aromatic nitrogens is 3. The second-order valence-corrected chi connectivity index (χ2v) is 9.84. The van der Waals surface area contributed by atoms with Gasteiger partial charge in [0.15, 0.2) is 0 Å². The number of aliphatic imine (C=N–C) groups is 1. The molecule has 2 aromatic heterocycles. The monoisotopic (exact) mass is 564 g/mol. The van der Waals surface area contributed by atoms with Crippen molar-refractivity contribution in [3.63, 3.8) is 0 Å². The summed E-state index contributed by atoms with van der Waals surface area (Å²) in [6, 6.07) is 5.95. The Morgan fingerprint density at radius 3 is 2.65 bits per heavy atom. The van der Waals surface area contributed by atoms with E-state index < -0.39 is 23.3 Å². The van der Waals surface area contributed by atoms with Crippen LogP contribution in [-0.2, 0) is 4.79 Å². The summed E-state index contributed by atoms with van der Waals surface area (Å²) in [7, 11) is 5.00. The zero-order chi connectivity index (χ0) is 29.3. The molecule has 4 rings (SSSR count). The van der Waals surface area contributed by atoms with Crippen molar-refractivity contribution in [3.05, 3.63) is 80.2 Å². The lowest BCUT2D eigenvalue weighted by molar-refractivity contribution is -0.114. The number of nitrogens with zero attached hydrogens (tertiary/aromatic N) is 6. The minimum absolute atomic E-state index is 0.0930. The zero-order valence-corrected chi connectivity index (χ0v) is 23.1. The Morgan fingerprint density at radius 1 is 1.32 bits per heavy atom. The molecule has 3 N–H and O–H groups in total. The average Bonchev–Trinajstić information content (AvgIpc) is 3.18. The van der Waals surface area contributed by atoms with Crippen molar-refractivity contribution in [2.45, 2.75) is 19.9 Å². The molecule has 1 atom stereocenters. The van der Waals surface area contributed by atoms with Crippen LogP contribution in [0.5, 0.6) is 5.88 Å².